The summed E-state index contributed by atoms with van der Waals surface area (Å²) in [5.74, 6) is -0.213. The van der Waals surface area contributed by atoms with Crippen molar-refractivity contribution in [2.75, 3.05) is 11.1 Å². The maximum Gasteiger partial charge on any atom is 0.241 e. The quantitative estimate of drug-likeness (QED) is 0.728. The second-order valence-corrected chi connectivity index (χ2v) is 4.41. The molecule has 2 rings (SSSR count). The summed E-state index contributed by atoms with van der Waals surface area (Å²) in [7, 11) is 0. The number of hydrogen-bond acceptors (Lipinski definition) is 3. The lowest BCUT2D eigenvalue weighted by atomic mass is 10.1. The molecule has 2 aromatic carbocycles. The fraction of sp³-hybridized carbons (Fsp3) is 0.133. The highest BCUT2D eigenvalue weighted by atomic mass is 16.2. The Hall–Kier alpha value is -2.33. The molecule has 1 atom stereocenters. The molecule has 19 heavy (non-hydrogen) atoms. The average molecular weight is 255 g/mol. The molecule has 0 saturated heterocycles. The highest BCUT2D eigenvalue weighted by Crippen LogP contribution is 2.12. The summed E-state index contributed by atoms with van der Waals surface area (Å²) in [5.41, 5.74) is 13.8. The van der Waals surface area contributed by atoms with Crippen molar-refractivity contribution in [3.8, 4) is 0 Å². The Morgan fingerprint density at radius 2 is 1.84 bits per heavy atom. The highest BCUT2D eigenvalue weighted by molar-refractivity contribution is 5.95. The predicted molar refractivity (Wildman–Crippen MR) is 77.6 cm³/mol. The van der Waals surface area contributed by atoms with Gasteiger partial charge in [0, 0.05) is 11.4 Å². The first kappa shape index (κ1) is 13.1. The van der Waals surface area contributed by atoms with E-state index >= 15 is 0 Å². The molecule has 4 nitrogen and oxygen atoms in total. The van der Waals surface area contributed by atoms with Crippen molar-refractivity contribution in [2.24, 2.45) is 5.73 Å². The third kappa shape index (κ3) is 3.82. The zero-order valence-electron chi connectivity index (χ0n) is 10.5. The van der Waals surface area contributed by atoms with Crippen LogP contribution in [0.3, 0.4) is 0 Å². The molecule has 0 bridgehead atoms. The second kappa shape index (κ2) is 6.02. The lowest BCUT2D eigenvalue weighted by Crippen LogP contribution is -2.37. The van der Waals surface area contributed by atoms with Crippen molar-refractivity contribution >= 4 is 17.3 Å². The van der Waals surface area contributed by atoms with Gasteiger partial charge in [-0.15, -0.1) is 0 Å². The number of hydrogen-bond donors (Lipinski definition) is 3. The van der Waals surface area contributed by atoms with Crippen LogP contribution < -0.4 is 16.8 Å². The van der Waals surface area contributed by atoms with E-state index in [1.807, 2.05) is 30.3 Å². The Morgan fingerprint density at radius 1 is 1.11 bits per heavy atom. The van der Waals surface area contributed by atoms with Crippen LogP contribution in [0.4, 0.5) is 11.4 Å². The summed E-state index contributed by atoms with van der Waals surface area (Å²) in [4.78, 5) is 12.0. The predicted octanol–water partition coefficient (Wildman–Crippen LogP) is 1.78. The van der Waals surface area contributed by atoms with Gasteiger partial charge in [-0.2, -0.15) is 0 Å². The lowest BCUT2D eigenvalue weighted by molar-refractivity contribution is -0.117. The molecule has 0 aromatic heterocycles. The molecule has 0 aliphatic rings. The van der Waals surface area contributed by atoms with Gasteiger partial charge in [-0.25, -0.2) is 0 Å². The van der Waals surface area contributed by atoms with Crippen molar-refractivity contribution < 1.29 is 4.79 Å². The van der Waals surface area contributed by atoms with E-state index in [0.717, 1.165) is 5.56 Å². The Labute approximate surface area is 112 Å². The minimum Gasteiger partial charge on any atom is -0.399 e. The molecule has 0 radical (unpaired) electrons. The van der Waals surface area contributed by atoms with Crippen LogP contribution in [-0.2, 0) is 11.2 Å². The summed E-state index contributed by atoms with van der Waals surface area (Å²) in [6.07, 6.45) is 0.509. The fourth-order valence-electron chi connectivity index (χ4n) is 1.81. The number of anilines is 2. The molecule has 0 saturated carbocycles. The first-order valence-electron chi connectivity index (χ1n) is 6.11. The molecule has 1 unspecified atom stereocenters. The molecular formula is C15H17N3O. The van der Waals surface area contributed by atoms with E-state index in [1.165, 1.54) is 0 Å². The minimum absolute atomic E-state index is 0.213. The summed E-state index contributed by atoms with van der Waals surface area (Å²) in [6, 6.07) is 16.1. The van der Waals surface area contributed by atoms with E-state index in [1.54, 1.807) is 24.3 Å². The molecule has 1 amide bonds. The number of carbonyl (C=O) groups is 1. The number of carbonyl (C=O) groups excluding carboxylic acids is 1. The maximum absolute atomic E-state index is 12.0. The number of nitrogens with one attached hydrogen (secondary N) is 1. The SMILES string of the molecule is Nc1cccc(NC(=O)C(N)Cc2ccccc2)c1. The molecule has 98 valence electrons. The van der Waals surface area contributed by atoms with E-state index in [4.69, 9.17) is 11.5 Å². The van der Waals surface area contributed by atoms with Crippen LogP contribution in [0.1, 0.15) is 5.56 Å². The molecule has 4 heteroatoms. The largest absolute Gasteiger partial charge is 0.399 e. The van der Waals surface area contributed by atoms with Crippen LogP contribution in [0, 0.1) is 0 Å². The molecule has 5 N–H and O–H groups in total. The van der Waals surface area contributed by atoms with Crippen molar-refractivity contribution in [1.29, 1.82) is 0 Å². The van der Waals surface area contributed by atoms with E-state index in [-0.39, 0.29) is 5.91 Å². The first-order valence-corrected chi connectivity index (χ1v) is 6.11. The van der Waals surface area contributed by atoms with Gasteiger partial charge in [-0.3, -0.25) is 4.79 Å². The van der Waals surface area contributed by atoms with Gasteiger partial charge in [0.05, 0.1) is 6.04 Å². The zero-order chi connectivity index (χ0) is 13.7. The third-order valence-electron chi connectivity index (χ3n) is 2.79. The molecule has 0 aliphatic heterocycles. The topological polar surface area (TPSA) is 81.1 Å². The molecular weight excluding hydrogens is 238 g/mol. The van der Waals surface area contributed by atoms with Gasteiger partial charge in [0.15, 0.2) is 0 Å². The molecule has 2 aromatic rings. The number of benzene rings is 2. The monoisotopic (exact) mass is 255 g/mol. The second-order valence-electron chi connectivity index (χ2n) is 4.41. The standard InChI is InChI=1S/C15H17N3O/c16-12-7-4-8-13(10-12)18-15(19)14(17)9-11-5-2-1-3-6-11/h1-8,10,14H,9,16-17H2,(H,18,19). The van der Waals surface area contributed by atoms with Crippen molar-refractivity contribution in [1.82, 2.24) is 0 Å². The van der Waals surface area contributed by atoms with E-state index < -0.39 is 6.04 Å². The smallest absolute Gasteiger partial charge is 0.241 e. The van der Waals surface area contributed by atoms with Gasteiger partial charge in [-0.1, -0.05) is 36.4 Å². The lowest BCUT2D eigenvalue weighted by Gasteiger charge is -2.12. The Balaban J connectivity index is 1.96. The van der Waals surface area contributed by atoms with Crippen molar-refractivity contribution in [2.45, 2.75) is 12.5 Å². The Morgan fingerprint density at radius 3 is 2.53 bits per heavy atom. The third-order valence-corrected chi connectivity index (χ3v) is 2.79. The number of rotatable bonds is 4. The van der Waals surface area contributed by atoms with Crippen LogP contribution in [0.25, 0.3) is 0 Å². The molecule has 0 fully saturated rings. The Bertz CT molecular complexity index is 554. The summed E-state index contributed by atoms with van der Waals surface area (Å²) < 4.78 is 0. The maximum atomic E-state index is 12.0. The van der Waals surface area contributed by atoms with Gasteiger partial charge < -0.3 is 16.8 Å². The number of nitrogen functional groups attached to an aromatic ring is 1. The number of amides is 1. The molecule has 0 heterocycles. The highest BCUT2D eigenvalue weighted by Gasteiger charge is 2.14. The van der Waals surface area contributed by atoms with Crippen LogP contribution >= 0.6 is 0 Å². The van der Waals surface area contributed by atoms with E-state index in [2.05, 4.69) is 5.32 Å². The minimum atomic E-state index is -0.580. The normalized spacial score (nSPS) is 11.8. The van der Waals surface area contributed by atoms with Crippen molar-refractivity contribution in [3.05, 3.63) is 60.2 Å². The van der Waals surface area contributed by atoms with Gasteiger partial charge in [0.25, 0.3) is 0 Å². The summed E-state index contributed by atoms with van der Waals surface area (Å²) in [5, 5.41) is 2.76. The van der Waals surface area contributed by atoms with Gasteiger partial charge in [0.1, 0.15) is 0 Å². The first-order chi connectivity index (χ1) is 9.15. The van der Waals surface area contributed by atoms with Crippen LogP contribution in [0.2, 0.25) is 0 Å². The van der Waals surface area contributed by atoms with Crippen LogP contribution in [-0.4, -0.2) is 11.9 Å². The average Bonchev–Trinajstić information content (AvgIpc) is 2.40. The van der Waals surface area contributed by atoms with Crippen LogP contribution in [0.5, 0.6) is 0 Å². The summed E-state index contributed by atoms with van der Waals surface area (Å²) in [6.45, 7) is 0. The van der Waals surface area contributed by atoms with Gasteiger partial charge in [0.2, 0.25) is 5.91 Å². The molecule has 0 aliphatic carbocycles. The van der Waals surface area contributed by atoms with E-state index in [0.29, 0.717) is 17.8 Å². The Kier molecular flexibility index (Phi) is 4.15. The van der Waals surface area contributed by atoms with Crippen molar-refractivity contribution in [3.63, 3.8) is 0 Å². The van der Waals surface area contributed by atoms with Crippen LogP contribution in [0.15, 0.2) is 54.6 Å². The summed E-state index contributed by atoms with van der Waals surface area (Å²) >= 11 is 0. The molecule has 0 spiro atoms. The van der Waals surface area contributed by atoms with E-state index in [9.17, 15) is 4.79 Å². The van der Waals surface area contributed by atoms with Gasteiger partial charge in [-0.05, 0) is 30.2 Å². The zero-order valence-corrected chi connectivity index (χ0v) is 10.5. The number of nitrogens with two attached hydrogens (primary N) is 2. The van der Waals surface area contributed by atoms with Gasteiger partial charge >= 0.3 is 0 Å². The fourth-order valence-corrected chi connectivity index (χ4v) is 1.81.